The molecule has 0 aliphatic carbocycles. The molecule has 0 aliphatic heterocycles. The van der Waals surface area contributed by atoms with Crippen LogP contribution >= 0.6 is 0 Å². The number of rotatable bonds is 3. The number of hydrogen-bond acceptors (Lipinski definition) is 5. The Labute approximate surface area is 82.6 Å². The Morgan fingerprint density at radius 2 is 2.14 bits per heavy atom. The Kier molecular flexibility index (Phi) is 2.92. The molecule has 4 N–H and O–H groups in total. The van der Waals surface area contributed by atoms with E-state index in [1.54, 1.807) is 13.0 Å². The van der Waals surface area contributed by atoms with Crippen molar-refractivity contribution in [3.8, 4) is 0 Å². The summed E-state index contributed by atoms with van der Waals surface area (Å²) in [5.41, 5.74) is 3.57. The van der Waals surface area contributed by atoms with E-state index in [1.165, 1.54) is 6.20 Å². The van der Waals surface area contributed by atoms with Crippen LogP contribution in [0.15, 0.2) is 12.3 Å². The minimum atomic E-state index is -3.26. The largest absolute Gasteiger partial charge is 0.308 e. The van der Waals surface area contributed by atoms with Crippen LogP contribution in [0, 0.1) is 6.92 Å². The summed E-state index contributed by atoms with van der Waals surface area (Å²) >= 11 is 0. The third-order valence-corrected chi connectivity index (χ3v) is 2.14. The maximum atomic E-state index is 10.9. The fraction of sp³-hybridized carbons (Fsp3) is 0.286. The topological polar surface area (TPSA) is 97.1 Å². The normalized spacial score (nSPS) is 11.1. The molecular formula is C7H12N4O2S. The molecule has 0 unspecified atom stereocenters. The van der Waals surface area contributed by atoms with Gasteiger partial charge in [-0.05, 0) is 18.6 Å². The lowest BCUT2D eigenvalue weighted by Gasteiger charge is -2.08. The highest BCUT2D eigenvalue weighted by Crippen LogP contribution is 2.16. The summed E-state index contributed by atoms with van der Waals surface area (Å²) in [6.45, 7) is 1.76. The lowest BCUT2D eigenvalue weighted by molar-refractivity contribution is 0.606. The zero-order valence-electron chi connectivity index (χ0n) is 7.90. The number of nitrogens with zero attached hydrogens (tertiary/aromatic N) is 1. The zero-order chi connectivity index (χ0) is 10.8. The van der Waals surface area contributed by atoms with Gasteiger partial charge in [0.1, 0.15) is 5.82 Å². The van der Waals surface area contributed by atoms with Crippen LogP contribution in [0.5, 0.6) is 0 Å². The Morgan fingerprint density at radius 3 is 2.57 bits per heavy atom. The van der Waals surface area contributed by atoms with Crippen molar-refractivity contribution in [1.82, 2.24) is 4.98 Å². The van der Waals surface area contributed by atoms with Crippen molar-refractivity contribution >= 4 is 21.5 Å². The van der Waals surface area contributed by atoms with Gasteiger partial charge in [-0.2, -0.15) is 0 Å². The van der Waals surface area contributed by atoms with E-state index in [0.29, 0.717) is 11.5 Å². The average molecular weight is 216 g/mol. The number of hydrazine groups is 1. The summed E-state index contributed by atoms with van der Waals surface area (Å²) in [6.07, 6.45) is 2.49. The predicted molar refractivity (Wildman–Crippen MR) is 55.3 cm³/mol. The summed E-state index contributed by atoms with van der Waals surface area (Å²) < 4.78 is 24.2. The molecule has 7 heteroatoms. The van der Waals surface area contributed by atoms with Gasteiger partial charge >= 0.3 is 0 Å². The minimum absolute atomic E-state index is 0.450. The minimum Gasteiger partial charge on any atom is -0.308 e. The summed E-state index contributed by atoms with van der Waals surface area (Å²) in [5.74, 6) is 5.63. The Balaban J connectivity index is 3.01. The summed E-state index contributed by atoms with van der Waals surface area (Å²) in [4.78, 5) is 3.88. The highest BCUT2D eigenvalue weighted by atomic mass is 32.2. The van der Waals surface area contributed by atoms with Crippen LogP contribution in [0.1, 0.15) is 5.56 Å². The van der Waals surface area contributed by atoms with Crippen LogP contribution in [0.2, 0.25) is 0 Å². The maximum absolute atomic E-state index is 10.9. The van der Waals surface area contributed by atoms with Crippen LogP contribution in [0.3, 0.4) is 0 Å². The number of hydrogen-bond donors (Lipinski definition) is 3. The van der Waals surface area contributed by atoms with Crippen LogP contribution < -0.4 is 16.0 Å². The molecule has 0 bridgehead atoms. The van der Waals surface area contributed by atoms with Gasteiger partial charge in [-0.15, -0.1) is 0 Å². The Hall–Kier alpha value is -1.34. The zero-order valence-corrected chi connectivity index (χ0v) is 8.72. The van der Waals surface area contributed by atoms with Crippen molar-refractivity contribution in [2.24, 2.45) is 5.84 Å². The number of nitrogen functional groups attached to an aromatic ring is 1. The van der Waals surface area contributed by atoms with Crippen LogP contribution in [0.4, 0.5) is 11.5 Å². The van der Waals surface area contributed by atoms with Gasteiger partial charge in [0.15, 0.2) is 0 Å². The highest BCUT2D eigenvalue weighted by Gasteiger charge is 2.05. The standard InChI is InChI=1S/C7H12N4O2S/c1-5-3-7(10-8)9-4-6(5)11-14(2,12)13/h3-4,11H,8H2,1-2H3,(H,9,10). The molecule has 0 aromatic carbocycles. The third-order valence-electron chi connectivity index (χ3n) is 1.55. The fourth-order valence-electron chi connectivity index (χ4n) is 0.942. The molecule has 0 spiro atoms. The van der Waals surface area contributed by atoms with E-state index >= 15 is 0 Å². The summed E-state index contributed by atoms with van der Waals surface area (Å²) in [5, 5.41) is 0. The average Bonchev–Trinajstić information content (AvgIpc) is 2.06. The van der Waals surface area contributed by atoms with Crippen molar-refractivity contribution in [3.63, 3.8) is 0 Å². The molecule has 78 valence electrons. The maximum Gasteiger partial charge on any atom is 0.229 e. The van der Waals surface area contributed by atoms with E-state index in [4.69, 9.17) is 5.84 Å². The van der Waals surface area contributed by atoms with Gasteiger partial charge in [-0.3, -0.25) is 4.72 Å². The van der Waals surface area contributed by atoms with Gasteiger partial charge in [-0.25, -0.2) is 19.2 Å². The molecular weight excluding hydrogens is 204 g/mol. The van der Waals surface area contributed by atoms with Gasteiger partial charge in [-0.1, -0.05) is 0 Å². The van der Waals surface area contributed by atoms with Crippen molar-refractivity contribution in [2.75, 3.05) is 16.4 Å². The van der Waals surface area contributed by atoms with E-state index in [1.807, 2.05) is 0 Å². The third kappa shape index (κ3) is 2.86. The molecule has 0 amide bonds. The lowest BCUT2D eigenvalue weighted by atomic mass is 10.2. The van der Waals surface area contributed by atoms with Crippen molar-refractivity contribution in [2.45, 2.75) is 6.92 Å². The van der Waals surface area contributed by atoms with Crippen molar-refractivity contribution in [3.05, 3.63) is 17.8 Å². The first-order valence-electron chi connectivity index (χ1n) is 3.83. The van der Waals surface area contributed by atoms with E-state index in [2.05, 4.69) is 15.1 Å². The quantitative estimate of drug-likeness (QED) is 0.490. The summed E-state index contributed by atoms with van der Waals surface area (Å²) in [6, 6.07) is 1.65. The molecule has 1 heterocycles. The second-order valence-corrected chi connectivity index (χ2v) is 4.65. The van der Waals surface area contributed by atoms with Crippen LogP contribution in [0.25, 0.3) is 0 Å². The monoisotopic (exact) mass is 216 g/mol. The van der Waals surface area contributed by atoms with Gasteiger partial charge < -0.3 is 5.43 Å². The Bertz CT molecular complexity index is 429. The molecule has 0 atom stereocenters. The van der Waals surface area contributed by atoms with Gasteiger partial charge in [0.2, 0.25) is 10.0 Å². The van der Waals surface area contributed by atoms with Gasteiger partial charge in [0, 0.05) is 0 Å². The van der Waals surface area contributed by atoms with Crippen LogP contribution in [-0.2, 0) is 10.0 Å². The predicted octanol–water partition coefficient (Wildman–Crippen LogP) is 0.0471. The van der Waals surface area contributed by atoms with Crippen molar-refractivity contribution < 1.29 is 8.42 Å². The molecule has 0 fully saturated rings. The number of anilines is 2. The number of nitrogens with two attached hydrogens (primary N) is 1. The molecule has 0 saturated carbocycles. The van der Waals surface area contributed by atoms with Gasteiger partial charge in [0.25, 0.3) is 0 Å². The first kappa shape index (κ1) is 10.7. The second kappa shape index (κ2) is 3.81. The van der Waals surface area contributed by atoms with E-state index in [9.17, 15) is 8.42 Å². The first-order chi connectivity index (χ1) is 6.42. The molecule has 0 radical (unpaired) electrons. The molecule has 1 aromatic heterocycles. The summed E-state index contributed by atoms with van der Waals surface area (Å²) in [7, 11) is -3.26. The highest BCUT2D eigenvalue weighted by molar-refractivity contribution is 7.92. The van der Waals surface area contributed by atoms with Crippen LogP contribution in [-0.4, -0.2) is 19.7 Å². The first-order valence-corrected chi connectivity index (χ1v) is 5.72. The fourth-order valence-corrected chi connectivity index (χ4v) is 1.55. The number of aryl methyl sites for hydroxylation is 1. The number of pyridine rings is 1. The lowest BCUT2D eigenvalue weighted by Crippen LogP contribution is -2.12. The second-order valence-electron chi connectivity index (χ2n) is 2.90. The molecule has 1 rings (SSSR count). The number of nitrogens with one attached hydrogen (secondary N) is 2. The molecule has 6 nitrogen and oxygen atoms in total. The molecule has 1 aromatic rings. The Morgan fingerprint density at radius 1 is 1.50 bits per heavy atom. The smallest absolute Gasteiger partial charge is 0.229 e. The SMILES string of the molecule is Cc1cc(NN)ncc1NS(C)(=O)=O. The van der Waals surface area contributed by atoms with E-state index in [0.717, 1.165) is 11.8 Å². The number of sulfonamides is 1. The van der Waals surface area contributed by atoms with E-state index in [-0.39, 0.29) is 0 Å². The molecule has 0 aliphatic rings. The number of aromatic nitrogens is 1. The molecule has 14 heavy (non-hydrogen) atoms. The van der Waals surface area contributed by atoms with Crippen molar-refractivity contribution in [1.29, 1.82) is 0 Å². The molecule has 0 saturated heterocycles. The van der Waals surface area contributed by atoms with Gasteiger partial charge in [0.05, 0.1) is 18.1 Å². The van der Waals surface area contributed by atoms with E-state index < -0.39 is 10.0 Å².